The summed E-state index contributed by atoms with van der Waals surface area (Å²) in [6, 6.07) is 43.3. The molecule has 0 aliphatic carbocycles. The lowest BCUT2D eigenvalue weighted by Crippen LogP contribution is -2.45. The third-order valence-corrected chi connectivity index (χ3v) is 44.0. The van der Waals surface area contributed by atoms with E-state index >= 15 is 0 Å². The van der Waals surface area contributed by atoms with E-state index in [1.54, 1.807) is 0 Å². The van der Waals surface area contributed by atoms with Gasteiger partial charge in [-0.2, -0.15) is 0 Å². The van der Waals surface area contributed by atoms with Gasteiger partial charge in [0.25, 0.3) is 0 Å². The summed E-state index contributed by atoms with van der Waals surface area (Å²) >= 11 is 0. The van der Waals surface area contributed by atoms with Gasteiger partial charge in [0.15, 0.2) is 0 Å². The first-order valence-corrected chi connectivity index (χ1v) is 80.0. The lowest BCUT2D eigenvalue weighted by atomic mass is 9.84. The Hall–Kier alpha value is -0.241. The monoisotopic (exact) mass is 2270 g/mol. The summed E-state index contributed by atoms with van der Waals surface area (Å²) in [4.78, 5) is 0. The second kappa shape index (κ2) is 78.1. The van der Waals surface area contributed by atoms with Gasteiger partial charge in [-0.3, -0.25) is 0 Å². The summed E-state index contributed by atoms with van der Waals surface area (Å²) < 4.78 is 100.0. The molecule has 0 spiro atoms. The Balaban J connectivity index is 0.000000179. The lowest BCUT2D eigenvalue weighted by Gasteiger charge is -2.40. The average molecular weight is 2270 g/mol. The third kappa shape index (κ3) is 50.3. The van der Waals surface area contributed by atoms with Crippen LogP contribution in [0.5, 0.6) is 0 Å². The van der Waals surface area contributed by atoms with E-state index in [0.717, 1.165) is 223 Å². The number of ether oxygens (including phenoxy) is 18. The van der Waals surface area contributed by atoms with Gasteiger partial charge in [-0.05, 0) is 263 Å². The molecule has 848 valence electrons. The molecule has 3 aromatic carbocycles. The van der Waals surface area contributed by atoms with Crippen LogP contribution in [0.3, 0.4) is 0 Å². The number of benzene rings is 3. The maximum absolute atomic E-state index is 5.84. The minimum absolute atomic E-state index is 0.298. The Morgan fingerprint density at radius 1 is 0.306 bits per heavy atom. The molecule has 18 aliphatic heterocycles. The molecule has 0 N–H and O–H groups in total. The highest BCUT2D eigenvalue weighted by atomic mass is 28.2. The van der Waals surface area contributed by atoms with Gasteiger partial charge < -0.3 is 85.3 Å². The van der Waals surface area contributed by atoms with Crippen molar-refractivity contribution in [2.45, 2.75) is 430 Å². The van der Waals surface area contributed by atoms with Crippen LogP contribution in [-0.2, 0) is 118 Å². The van der Waals surface area contributed by atoms with Gasteiger partial charge in [0.05, 0.1) is 165 Å². The molecule has 18 saturated heterocycles. The number of fused-ring (bicyclic) bond motifs is 10. The fourth-order valence-corrected chi connectivity index (χ4v) is 30.6. The van der Waals surface area contributed by atoms with Crippen molar-refractivity contribution in [2.24, 2.45) is 57.7 Å². The molecule has 0 amide bonds. The van der Waals surface area contributed by atoms with Crippen LogP contribution in [0.2, 0.25) is 66.5 Å². The van der Waals surface area contributed by atoms with Gasteiger partial charge in [-0.25, -0.2) is 0 Å². The van der Waals surface area contributed by atoms with Gasteiger partial charge in [0.1, 0.15) is 0 Å². The highest BCUT2D eigenvalue weighted by molar-refractivity contribution is 6.32. The molecular weight excluding hydrogens is 2050 g/mol. The third-order valence-electron chi connectivity index (χ3n) is 34.6. The summed E-state index contributed by atoms with van der Waals surface area (Å²) in [7, 11) is 17.2. The van der Waals surface area contributed by atoms with Crippen molar-refractivity contribution in [3.63, 3.8) is 0 Å². The van der Waals surface area contributed by atoms with Crippen LogP contribution in [0, 0.1) is 57.7 Å². The zero-order valence-corrected chi connectivity index (χ0v) is 123. The zero-order chi connectivity index (χ0) is 105. The molecule has 0 radical (unpaired) electrons. The number of rotatable bonds is 44. The van der Waals surface area contributed by atoms with Crippen LogP contribution in [-0.4, -0.2) is 345 Å². The molecule has 147 heavy (non-hydrogen) atoms. The highest BCUT2D eigenvalue weighted by Gasteiger charge is 2.46. The van der Waals surface area contributed by atoms with E-state index in [2.05, 4.69) is 93.6 Å². The Kier molecular flexibility index (Phi) is 69.2. The number of hydrogen-bond acceptors (Lipinski definition) is 18. The second-order valence-electron chi connectivity index (χ2n) is 47.1. The summed E-state index contributed by atoms with van der Waals surface area (Å²) in [5.41, 5.74) is 7.61. The van der Waals surface area contributed by atoms with E-state index in [-0.39, 0.29) is 0 Å². The van der Waals surface area contributed by atoms with Gasteiger partial charge in [-0.1, -0.05) is 203 Å². The van der Waals surface area contributed by atoms with Crippen molar-refractivity contribution in [2.75, 3.05) is 132 Å². The van der Waals surface area contributed by atoms with E-state index < -0.39 is 0 Å². The summed E-state index contributed by atoms with van der Waals surface area (Å²) in [6.07, 6.45) is 56.7. The maximum Gasteiger partial charge on any atom is 0.0861 e. The van der Waals surface area contributed by atoms with Gasteiger partial charge in [0.2, 0.25) is 0 Å². The van der Waals surface area contributed by atoms with Crippen LogP contribution in [0.4, 0.5) is 0 Å². The molecule has 18 nitrogen and oxygen atoms in total. The molecule has 20 atom stereocenters. The molecule has 0 saturated carbocycles. The van der Waals surface area contributed by atoms with Crippen LogP contribution in [0.1, 0.15) is 280 Å². The zero-order valence-electron chi connectivity index (χ0n) is 97.2. The van der Waals surface area contributed by atoms with Crippen molar-refractivity contribution in [1.82, 2.24) is 0 Å². The van der Waals surface area contributed by atoms with Crippen molar-refractivity contribution in [3.8, 4) is 0 Å². The Bertz CT molecular complexity index is 3610. The summed E-state index contributed by atoms with van der Waals surface area (Å²) in [5, 5.41) is 1.43. The highest BCUT2D eigenvalue weighted by Crippen LogP contribution is 2.45. The van der Waals surface area contributed by atoms with E-state index in [9.17, 15) is 0 Å². The topological polar surface area (TPSA) is 166 Å². The Morgan fingerprint density at radius 3 is 1.03 bits per heavy atom. The smallest absolute Gasteiger partial charge is 0.0861 e. The van der Waals surface area contributed by atoms with Crippen molar-refractivity contribution >= 4 is 138 Å². The van der Waals surface area contributed by atoms with Crippen molar-refractivity contribution in [3.05, 3.63) is 101 Å². The Labute approximate surface area is 937 Å². The predicted molar refractivity (Wildman–Crippen MR) is 661 cm³/mol. The Morgan fingerprint density at radius 2 is 0.687 bits per heavy atom. The standard InChI is InChI=1S/C15H24O2Si.C14H22O2Si.C13H20O2Si.C10H20O2Si.C9H18O2Si.C9H18OSi.C8H16OSi.C7H14OSi.2C7H16OSi.2C6H14OSi.C5H12OSi/c1-2-15(11-17-12-15)10-16-9-14-5-3-13(4-6-14)7-8-18;1-2-14(10-16-11-14)9-15-7-12-3-5-13(8-17)6-4-12;1-2-13(9-15-10-13)8-14-7-11-3-5-12(16)6-4-11;13-5-1-4-11-7-8-6-9-2-3-10(8)12-9;12-5-1-4-10-9-6-7-2-3-8(9)11-7;11-5-1-2-7-6-8-3-4-9(7)10-8;10-4-3-6-5-7-1-2-8(6)9-7;9-4-5-3-6-1-2-7(5)8-6;9-6-2-4-7-3-1-5-8-7;9-5-1-2-7-3-4-8-6-7;8-4-2-6-1-3-7-5-6;8-5-3-6-2-1-4-7-6;7-4-5-1-2-6-3-5/h3-6H,2,7-12H2,1,18H3;3-6H,2,7-11H2,1,17H3;3-6H,2,7-10H2,1,16H3;8-10H,1-7H2,13H3;7-9H,1-6H2,12H3;7-9H,1-6H2,11H3;6-8H,1-5H2,10H3;5-7H,1-4H2,9H3;2*7H,1-6H2,9H3;2*6H,1-5H2,8H3;5H,1-4H2,7H3. The van der Waals surface area contributed by atoms with Crippen LogP contribution < -0.4 is 5.19 Å². The normalized spacial score (nSPS) is 30.0. The van der Waals surface area contributed by atoms with E-state index in [1.807, 2.05) is 0 Å². The first-order valence-electron chi connectivity index (χ1n) is 62.1. The first-order chi connectivity index (χ1) is 71.9. The molecule has 21 rings (SSSR count). The molecule has 18 heterocycles. The van der Waals surface area contributed by atoms with Crippen LogP contribution >= 0.6 is 0 Å². The van der Waals surface area contributed by atoms with Crippen LogP contribution in [0.15, 0.2) is 72.8 Å². The van der Waals surface area contributed by atoms with Gasteiger partial charge >= 0.3 is 0 Å². The molecule has 0 aromatic heterocycles. The van der Waals surface area contributed by atoms with Crippen molar-refractivity contribution in [1.29, 1.82) is 0 Å². The van der Waals surface area contributed by atoms with Gasteiger partial charge in [-0.15, -0.1) is 0 Å². The molecule has 18 aliphatic rings. The number of hydrogen-bond donors (Lipinski definition) is 0. The average Bonchev–Trinajstić information content (AvgIpc) is 1.70. The number of aryl methyl sites for hydroxylation is 1. The molecule has 10 bridgehead atoms. The fourth-order valence-electron chi connectivity index (χ4n) is 23.7. The second-order valence-corrected chi connectivity index (χ2v) is 59.6. The summed E-state index contributed by atoms with van der Waals surface area (Å²) in [6.45, 7) is 27.6. The minimum atomic E-state index is 0.298. The van der Waals surface area contributed by atoms with E-state index in [4.69, 9.17) is 85.3 Å². The largest absolute Gasteiger partial charge is 0.381 e. The minimum Gasteiger partial charge on any atom is -0.381 e. The first kappa shape index (κ1) is 130. The van der Waals surface area contributed by atoms with E-state index in [0.29, 0.717) is 102 Å². The summed E-state index contributed by atoms with van der Waals surface area (Å²) in [5.74, 6) is 6.36. The lowest BCUT2D eigenvalue weighted by molar-refractivity contribution is -0.152. The molecule has 3 aromatic rings. The SMILES string of the molecule is CCC1(COCc2ccc(CC[SiH3])cc2)COC1.CCC1(COCc2ccc(C[SiH3])cc2)COC1.CCC1(COCc2ccc([SiH3])cc2)COC1.[SiH3]CC1CC2CCC1O2.[SiH3]CC1CCOC1.[SiH3]CCC1CC2CCC1O2.[SiH3]CCC1CCCO1.[SiH3]CCC1CCOC1.[SiH3]CCCC1CC2CCC1O2.[SiH3]CCCC1CCCO1.[SiH3]CCCC1CCOC1.[SiH3]CCCOC1CC2CCC1O2.[SiH3]CCCOCC1CC2CCC1O2. The molecular formula is C116H224O18Si13. The van der Waals surface area contributed by atoms with Gasteiger partial charge in [0, 0.05) is 228 Å². The quantitative estimate of drug-likeness (QED) is 0.0388. The predicted octanol–water partition coefficient (Wildman–Crippen LogP) is 9.15. The molecule has 31 heteroatoms. The molecule has 18 fully saturated rings. The fraction of sp³-hybridized carbons (Fsp3) is 0.845. The van der Waals surface area contributed by atoms with E-state index in [1.165, 1.54) is 440 Å². The molecule has 20 unspecified atom stereocenters. The maximum atomic E-state index is 5.84. The van der Waals surface area contributed by atoms with Crippen molar-refractivity contribution < 1.29 is 85.3 Å². The van der Waals surface area contributed by atoms with Crippen LogP contribution in [0.25, 0.3) is 0 Å².